The fourth-order valence-electron chi connectivity index (χ4n) is 2.78. The van der Waals surface area contributed by atoms with Crippen molar-refractivity contribution < 1.29 is 18.0 Å². The molecule has 0 radical (unpaired) electrons. The van der Waals surface area contributed by atoms with Crippen LogP contribution in [0.1, 0.15) is 48.3 Å². The Hall–Kier alpha value is -2.12. The van der Waals surface area contributed by atoms with E-state index in [-0.39, 0.29) is 22.8 Å². The minimum Gasteiger partial charge on any atom is -0.301 e. The van der Waals surface area contributed by atoms with Crippen molar-refractivity contribution >= 4 is 34.1 Å². The molecule has 0 fully saturated rings. The van der Waals surface area contributed by atoms with Gasteiger partial charge in [-0.15, -0.1) is 11.3 Å². The number of nitrogens with one attached hydrogen (secondary N) is 1. The number of halogens is 3. The highest BCUT2D eigenvalue weighted by molar-refractivity contribution is 8.00. The summed E-state index contributed by atoms with van der Waals surface area (Å²) in [5.74, 6) is -0.569. The zero-order valence-electron chi connectivity index (χ0n) is 15.6. The second-order valence-electron chi connectivity index (χ2n) is 5.69. The lowest BCUT2D eigenvalue weighted by atomic mass is 10.0. The number of carbonyl (C=O) groups excluding carboxylic acids is 1. The summed E-state index contributed by atoms with van der Waals surface area (Å²) in [4.78, 5) is 20.3. The minimum absolute atomic E-state index is 0.0501. The van der Waals surface area contributed by atoms with Crippen LogP contribution >= 0.6 is 23.1 Å². The first-order chi connectivity index (χ1) is 13.3. The lowest BCUT2D eigenvalue weighted by Crippen LogP contribution is -2.16. The number of hydrogen-bond donors (Lipinski definition) is 1. The van der Waals surface area contributed by atoms with Gasteiger partial charge in [0.2, 0.25) is 5.91 Å². The lowest BCUT2D eigenvalue weighted by Gasteiger charge is -2.16. The van der Waals surface area contributed by atoms with E-state index in [1.807, 2.05) is 13.8 Å². The Labute approximate surface area is 169 Å². The van der Waals surface area contributed by atoms with Crippen LogP contribution in [-0.2, 0) is 23.8 Å². The van der Waals surface area contributed by atoms with E-state index in [1.165, 1.54) is 11.3 Å². The van der Waals surface area contributed by atoms with E-state index in [0.717, 1.165) is 17.5 Å². The summed E-state index contributed by atoms with van der Waals surface area (Å²) < 4.78 is 40.5. The molecule has 2 aromatic heterocycles. The van der Waals surface area contributed by atoms with Gasteiger partial charge in [-0.2, -0.15) is 18.4 Å². The molecular formula is C18H19F3N4OS2. The summed E-state index contributed by atoms with van der Waals surface area (Å²) in [5, 5.41) is 14.0. The van der Waals surface area contributed by atoms with E-state index in [4.69, 9.17) is 0 Å². The van der Waals surface area contributed by atoms with E-state index in [0.29, 0.717) is 23.7 Å². The van der Waals surface area contributed by atoms with Gasteiger partial charge in [0.15, 0.2) is 5.13 Å². The maximum absolute atomic E-state index is 13.5. The number of thioether (sulfide) groups is 1. The third kappa shape index (κ3) is 5.02. The molecule has 0 unspecified atom stereocenters. The Bertz CT molecular complexity index is 903. The molecule has 1 aliphatic rings. The van der Waals surface area contributed by atoms with Crippen LogP contribution < -0.4 is 5.32 Å². The van der Waals surface area contributed by atoms with Gasteiger partial charge in [-0.05, 0) is 31.7 Å². The average Bonchev–Trinajstić information content (AvgIpc) is 3.27. The number of nitriles is 1. The van der Waals surface area contributed by atoms with Crippen molar-refractivity contribution in [1.82, 2.24) is 9.97 Å². The number of rotatable bonds is 4. The molecule has 0 spiro atoms. The normalized spacial score (nSPS) is 12.6. The molecule has 0 bridgehead atoms. The number of nitrogens with zero attached hydrogens (tertiary/aromatic N) is 3. The topological polar surface area (TPSA) is 78.7 Å². The summed E-state index contributed by atoms with van der Waals surface area (Å²) in [6.45, 7) is 5.78. The molecule has 0 saturated carbocycles. The monoisotopic (exact) mass is 428 g/mol. The summed E-state index contributed by atoms with van der Waals surface area (Å²) in [6.07, 6.45) is -3.34. The number of pyridine rings is 1. The maximum Gasteiger partial charge on any atom is 0.418 e. The van der Waals surface area contributed by atoms with E-state index in [1.54, 1.807) is 18.4 Å². The Kier molecular flexibility index (Phi) is 7.43. The standard InChI is InChI=1S/C16H13F3N4OS2.C2H6/c1-8-6-26-15(21-8)23-12(24)7-25-14-10(5-20)13(16(17,18)19)9-3-2-4-11(9)22-14;1-2/h6H,2-4,7H2,1H3,(H,21,23,24);1-2H3. The number of alkyl halides is 3. The first kappa shape index (κ1) is 22.2. The highest BCUT2D eigenvalue weighted by Gasteiger charge is 2.40. The maximum atomic E-state index is 13.5. The second kappa shape index (κ2) is 9.39. The molecule has 0 atom stereocenters. The number of aromatic nitrogens is 2. The van der Waals surface area contributed by atoms with E-state index < -0.39 is 23.2 Å². The van der Waals surface area contributed by atoms with Crippen molar-refractivity contribution in [1.29, 1.82) is 5.26 Å². The van der Waals surface area contributed by atoms with Crippen LogP contribution in [0.25, 0.3) is 0 Å². The largest absolute Gasteiger partial charge is 0.418 e. The summed E-state index contributed by atoms with van der Waals surface area (Å²) in [5.41, 5.74) is -0.155. The number of hydrogen-bond acceptors (Lipinski definition) is 6. The third-order valence-electron chi connectivity index (χ3n) is 3.79. The zero-order valence-corrected chi connectivity index (χ0v) is 17.2. The van der Waals surface area contributed by atoms with Crippen molar-refractivity contribution in [3.05, 3.63) is 33.5 Å². The fraction of sp³-hybridized carbons (Fsp3) is 0.444. The molecule has 1 N–H and O–H groups in total. The van der Waals surface area contributed by atoms with Crippen LogP contribution in [0.5, 0.6) is 0 Å². The van der Waals surface area contributed by atoms with Gasteiger partial charge < -0.3 is 5.32 Å². The summed E-state index contributed by atoms with van der Waals surface area (Å²) >= 11 is 2.09. The summed E-state index contributed by atoms with van der Waals surface area (Å²) in [7, 11) is 0. The van der Waals surface area contributed by atoms with Crippen molar-refractivity contribution in [3.8, 4) is 6.07 Å². The van der Waals surface area contributed by atoms with Gasteiger partial charge in [0.05, 0.1) is 22.6 Å². The molecule has 0 aliphatic heterocycles. The van der Waals surface area contributed by atoms with Crippen molar-refractivity contribution in [2.45, 2.75) is 51.2 Å². The minimum atomic E-state index is -4.63. The number of thiazole rings is 1. The van der Waals surface area contributed by atoms with Gasteiger partial charge in [-0.1, -0.05) is 25.6 Å². The van der Waals surface area contributed by atoms with Gasteiger partial charge in [-0.3, -0.25) is 4.79 Å². The molecule has 3 rings (SSSR count). The number of fused-ring (bicyclic) bond motifs is 1. The van der Waals surface area contributed by atoms with E-state index in [2.05, 4.69) is 15.3 Å². The van der Waals surface area contributed by atoms with Crippen molar-refractivity contribution in [2.75, 3.05) is 11.1 Å². The highest BCUT2D eigenvalue weighted by Crippen LogP contribution is 2.41. The highest BCUT2D eigenvalue weighted by atomic mass is 32.2. The van der Waals surface area contributed by atoms with Crippen LogP contribution in [0.15, 0.2) is 10.4 Å². The lowest BCUT2D eigenvalue weighted by molar-refractivity contribution is -0.138. The van der Waals surface area contributed by atoms with Gasteiger partial charge in [0.25, 0.3) is 0 Å². The molecule has 0 aromatic carbocycles. The molecular weight excluding hydrogens is 409 g/mol. The summed E-state index contributed by atoms with van der Waals surface area (Å²) in [6, 6.07) is 1.63. The van der Waals surface area contributed by atoms with E-state index >= 15 is 0 Å². The van der Waals surface area contributed by atoms with Crippen LogP contribution in [0.4, 0.5) is 18.3 Å². The zero-order chi connectivity index (χ0) is 20.9. The van der Waals surface area contributed by atoms with Crippen LogP contribution in [0.2, 0.25) is 0 Å². The number of carbonyl (C=O) groups is 1. The van der Waals surface area contributed by atoms with Crippen molar-refractivity contribution in [3.63, 3.8) is 0 Å². The Morgan fingerprint density at radius 2 is 2.07 bits per heavy atom. The SMILES string of the molecule is CC.Cc1csc(NC(=O)CSc2nc3c(c(C(F)(F)F)c2C#N)CCC3)n1. The first-order valence-corrected chi connectivity index (χ1v) is 10.5. The first-order valence-electron chi connectivity index (χ1n) is 8.67. The quantitative estimate of drug-likeness (QED) is 0.695. The van der Waals surface area contributed by atoms with Gasteiger partial charge in [-0.25, -0.2) is 9.97 Å². The number of aryl methyl sites for hydroxylation is 2. The van der Waals surface area contributed by atoms with E-state index in [9.17, 15) is 23.2 Å². The Morgan fingerprint density at radius 1 is 1.36 bits per heavy atom. The number of anilines is 1. The third-order valence-corrected chi connectivity index (χ3v) is 5.64. The molecule has 10 heteroatoms. The molecule has 150 valence electrons. The van der Waals surface area contributed by atoms with Crippen molar-refractivity contribution in [2.24, 2.45) is 0 Å². The van der Waals surface area contributed by atoms with Gasteiger partial charge in [0, 0.05) is 11.1 Å². The van der Waals surface area contributed by atoms with Gasteiger partial charge in [0.1, 0.15) is 11.1 Å². The fourth-order valence-corrected chi connectivity index (χ4v) is 4.29. The molecule has 1 aliphatic carbocycles. The van der Waals surface area contributed by atoms with Gasteiger partial charge >= 0.3 is 6.18 Å². The average molecular weight is 429 g/mol. The van der Waals surface area contributed by atoms with Crippen LogP contribution in [0, 0.1) is 18.3 Å². The molecule has 28 heavy (non-hydrogen) atoms. The Balaban J connectivity index is 0.00000136. The molecule has 0 saturated heterocycles. The number of amides is 1. The molecule has 5 nitrogen and oxygen atoms in total. The second-order valence-corrected chi connectivity index (χ2v) is 7.51. The van der Waals surface area contributed by atoms with Crippen LogP contribution in [-0.4, -0.2) is 21.6 Å². The van der Waals surface area contributed by atoms with Crippen LogP contribution in [0.3, 0.4) is 0 Å². The Morgan fingerprint density at radius 3 is 2.64 bits per heavy atom. The molecule has 1 amide bonds. The predicted octanol–water partition coefficient (Wildman–Crippen LogP) is 4.98. The molecule has 2 heterocycles. The molecule has 2 aromatic rings. The smallest absolute Gasteiger partial charge is 0.301 e. The predicted molar refractivity (Wildman–Crippen MR) is 104 cm³/mol.